The number of nitrogens with one attached hydrogen (secondary N) is 1. The summed E-state index contributed by atoms with van der Waals surface area (Å²) >= 11 is 2.22. The fourth-order valence-corrected chi connectivity index (χ4v) is 1.61. The van der Waals surface area contributed by atoms with Gasteiger partial charge in [0.25, 0.3) is 5.91 Å². The molecule has 1 heterocycles. The third kappa shape index (κ3) is 3.16. The van der Waals surface area contributed by atoms with Crippen molar-refractivity contribution in [1.82, 2.24) is 15.5 Å². The van der Waals surface area contributed by atoms with Crippen LogP contribution < -0.4 is 10.1 Å². The Morgan fingerprint density at radius 1 is 1.17 bits per heavy atom. The molecule has 0 bridgehead atoms. The summed E-state index contributed by atoms with van der Waals surface area (Å²) in [5.74, 6) is 0.754. The molecule has 1 amide bonds. The molecule has 0 atom stereocenters. The lowest BCUT2D eigenvalue weighted by Crippen LogP contribution is -2.19. The van der Waals surface area contributed by atoms with Crippen LogP contribution in [0.4, 0.5) is 0 Å². The zero-order valence-corrected chi connectivity index (χ0v) is 11.7. The van der Waals surface area contributed by atoms with Crippen LogP contribution >= 0.6 is 22.6 Å². The Labute approximate surface area is 118 Å². The van der Waals surface area contributed by atoms with E-state index in [1.807, 2.05) is 24.3 Å². The van der Waals surface area contributed by atoms with Gasteiger partial charge < -0.3 is 10.1 Å². The Balaban J connectivity index is 2.10. The average molecular weight is 355 g/mol. The Morgan fingerprint density at radius 3 is 2.44 bits per heavy atom. The summed E-state index contributed by atoms with van der Waals surface area (Å²) in [5, 5.41) is 10.1. The molecule has 2 rings (SSSR count). The molecule has 1 aromatic carbocycles. The van der Waals surface area contributed by atoms with Gasteiger partial charge in [0.2, 0.25) is 5.88 Å². The van der Waals surface area contributed by atoms with E-state index in [0.29, 0.717) is 11.6 Å². The molecule has 0 radical (unpaired) electrons. The molecule has 0 aliphatic rings. The minimum atomic E-state index is -0.275. The van der Waals surface area contributed by atoms with Gasteiger partial charge in [0.1, 0.15) is 5.75 Å². The second-order valence-electron chi connectivity index (χ2n) is 3.39. The van der Waals surface area contributed by atoms with Crippen molar-refractivity contribution in [3.8, 4) is 11.6 Å². The molecule has 0 saturated carbocycles. The van der Waals surface area contributed by atoms with E-state index in [4.69, 9.17) is 4.74 Å². The quantitative estimate of drug-likeness (QED) is 0.858. The molecule has 1 N–H and O–H groups in total. The van der Waals surface area contributed by atoms with E-state index >= 15 is 0 Å². The Morgan fingerprint density at radius 2 is 1.89 bits per heavy atom. The summed E-state index contributed by atoms with van der Waals surface area (Å²) in [6, 6.07) is 10.7. The normalized spacial score (nSPS) is 9.89. The number of ether oxygens (including phenoxy) is 1. The van der Waals surface area contributed by atoms with Gasteiger partial charge in [-0.2, -0.15) is 0 Å². The lowest BCUT2D eigenvalue weighted by atomic mass is 10.3. The van der Waals surface area contributed by atoms with E-state index in [0.717, 1.165) is 3.57 Å². The van der Waals surface area contributed by atoms with Crippen LogP contribution in [0.5, 0.6) is 11.6 Å². The van der Waals surface area contributed by atoms with Gasteiger partial charge in [-0.3, -0.25) is 4.79 Å². The van der Waals surface area contributed by atoms with Crippen molar-refractivity contribution >= 4 is 28.5 Å². The van der Waals surface area contributed by atoms with Crippen molar-refractivity contribution < 1.29 is 9.53 Å². The van der Waals surface area contributed by atoms with Crippen molar-refractivity contribution in [1.29, 1.82) is 0 Å². The van der Waals surface area contributed by atoms with Gasteiger partial charge in [-0.25, -0.2) is 0 Å². The number of carbonyl (C=O) groups excluding carboxylic acids is 1. The van der Waals surface area contributed by atoms with Gasteiger partial charge in [-0.05, 0) is 52.9 Å². The number of nitrogens with zero attached hydrogens (tertiary/aromatic N) is 2. The van der Waals surface area contributed by atoms with E-state index < -0.39 is 0 Å². The van der Waals surface area contributed by atoms with Crippen molar-refractivity contribution in [2.45, 2.75) is 0 Å². The maximum Gasteiger partial charge on any atom is 0.271 e. The lowest BCUT2D eigenvalue weighted by Gasteiger charge is -2.04. The summed E-state index contributed by atoms with van der Waals surface area (Å²) in [5.41, 5.74) is 0.257. The monoisotopic (exact) mass is 355 g/mol. The average Bonchev–Trinajstić information content (AvgIpc) is 2.41. The van der Waals surface area contributed by atoms with E-state index in [-0.39, 0.29) is 11.6 Å². The highest BCUT2D eigenvalue weighted by Gasteiger charge is 2.06. The van der Waals surface area contributed by atoms with Crippen LogP contribution in [0.3, 0.4) is 0 Å². The number of hydrogen-bond donors (Lipinski definition) is 1. The first kappa shape index (κ1) is 12.7. The first-order valence-corrected chi connectivity index (χ1v) is 6.26. The summed E-state index contributed by atoms with van der Waals surface area (Å²) < 4.78 is 6.62. The second-order valence-corrected chi connectivity index (χ2v) is 4.64. The Bertz CT molecular complexity index is 540. The fraction of sp³-hybridized carbons (Fsp3) is 0.0833. The first-order chi connectivity index (χ1) is 8.69. The minimum absolute atomic E-state index is 0.257. The molecule has 1 aromatic heterocycles. The van der Waals surface area contributed by atoms with E-state index in [9.17, 15) is 4.79 Å². The summed E-state index contributed by atoms with van der Waals surface area (Å²) in [6.07, 6.45) is 0. The second kappa shape index (κ2) is 5.76. The summed E-state index contributed by atoms with van der Waals surface area (Å²) in [7, 11) is 1.54. The number of amides is 1. The highest BCUT2D eigenvalue weighted by atomic mass is 127. The van der Waals surface area contributed by atoms with Gasteiger partial charge in [-0.1, -0.05) is 0 Å². The van der Waals surface area contributed by atoms with E-state index in [2.05, 4.69) is 38.1 Å². The smallest absolute Gasteiger partial charge is 0.271 e. The van der Waals surface area contributed by atoms with Crippen LogP contribution in [0.15, 0.2) is 36.4 Å². The summed E-state index contributed by atoms with van der Waals surface area (Å²) in [4.78, 5) is 11.3. The van der Waals surface area contributed by atoms with Crippen molar-refractivity contribution in [2.24, 2.45) is 0 Å². The molecule has 0 spiro atoms. The number of hydrogen-bond acceptors (Lipinski definition) is 4. The number of aromatic nitrogens is 2. The molecule has 0 saturated heterocycles. The third-order valence-electron chi connectivity index (χ3n) is 2.14. The third-order valence-corrected chi connectivity index (χ3v) is 2.85. The van der Waals surface area contributed by atoms with Crippen LogP contribution in [0.25, 0.3) is 0 Å². The van der Waals surface area contributed by atoms with Gasteiger partial charge in [-0.15, -0.1) is 10.2 Å². The van der Waals surface area contributed by atoms with E-state index in [1.54, 1.807) is 19.2 Å². The SMILES string of the molecule is CNC(=O)c1ccc(Oc2ccc(I)cc2)nn1. The molecule has 0 unspecified atom stereocenters. The predicted octanol–water partition coefficient (Wildman–Crippen LogP) is 2.23. The number of carbonyl (C=O) groups is 1. The molecule has 5 nitrogen and oxygen atoms in total. The Hall–Kier alpha value is -1.70. The fourth-order valence-electron chi connectivity index (χ4n) is 1.25. The maximum atomic E-state index is 11.3. The van der Waals surface area contributed by atoms with Crippen molar-refractivity contribution in [2.75, 3.05) is 7.05 Å². The van der Waals surface area contributed by atoms with Crippen molar-refractivity contribution in [3.63, 3.8) is 0 Å². The number of benzene rings is 1. The number of rotatable bonds is 3. The molecule has 0 fully saturated rings. The standard InChI is InChI=1S/C12H10IN3O2/c1-14-12(17)10-6-7-11(16-15-10)18-9-4-2-8(13)3-5-9/h2-7H,1H3,(H,14,17). The van der Waals surface area contributed by atoms with Crippen LogP contribution in [0.2, 0.25) is 0 Å². The molecular weight excluding hydrogens is 345 g/mol. The minimum Gasteiger partial charge on any atom is -0.438 e. The first-order valence-electron chi connectivity index (χ1n) is 5.18. The number of halogens is 1. The maximum absolute atomic E-state index is 11.3. The lowest BCUT2D eigenvalue weighted by molar-refractivity contribution is 0.0957. The molecule has 0 aliphatic carbocycles. The van der Waals surface area contributed by atoms with Gasteiger partial charge >= 0.3 is 0 Å². The highest BCUT2D eigenvalue weighted by molar-refractivity contribution is 14.1. The van der Waals surface area contributed by atoms with Gasteiger partial charge in [0, 0.05) is 16.7 Å². The zero-order chi connectivity index (χ0) is 13.0. The van der Waals surface area contributed by atoms with Crippen LogP contribution in [-0.4, -0.2) is 23.2 Å². The molecule has 6 heteroatoms. The summed E-state index contributed by atoms with van der Waals surface area (Å²) in [6.45, 7) is 0. The zero-order valence-electron chi connectivity index (χ0n) is 9.55. The van der Waals surface area contributed by atoms with Crippen LogP contribution in [-0.2, 0) is 0 Å². The molecule has 18 heavy (non-hydrogen) atoms. The van der Waals surface area contributed by atoms with Gasteiger partial charge in [0.15, 0.2) is 5.69 Å². The van der Waals surface area contributed by atoms with Gasteiger partial charge in [0.05, 0.1) is 0 Å². The topological polar surface area (TPSA) is 64.1 Å². The molecule has 2 aromatic rings. The van der Waals surface area contributed by atoms with E-state index in [1.165, 1.54) is 0 Å². The largest absolute Gasteiger partial charge is 0.438 e. The molecule has 0 aliphatic heterocycles. The Kier molecular flexibility index (Phi) is 4.08. The van der Waals surface area contributed by atoms with Crippen molar-refractivity contribution in [3.05, 3.63) is 45.7 Å². The predicted molar refractivity (Wildman–Crippen MR) is 74.7 cm³/mol. The molecule has 92 valence electrons. The molecular formula is C12H10IN3O2. The van der Waals surface area contributed by atoms with Crippen LogP contribution in [0.1, 0.15) is 10.5 Å². The van der Waals surface area contributed by atoms with Crippen LogP contribution in [0, 0.1) is 3.57 Å². The highest BCUT2D eigenvalue weighted by Crippen LogP contribution is 2.19.